The molecule has 1 saturated carbocycles. The molecule has 30 heavy (non-hydrogen) atoms. The van der Waals surface area contributed by atoms with Gasteiger partial charge in [0.15, 0.2) is 14.6 Å². The molecule has 0 spiro atoms. The zero-order valence-electron chi connectivity index (χ0n) is 15.9. The van der Waals surface area contributed by atoms with E-state index < -0.39 is 38.6 Å². The van der Waals surface area contributed by atoms with E-state index in [1.165, 1.54) is 6.07 Å². The lowest BCUT2D eigenvalue weighted by molar-refractivity contribution is -0.137. The number of allylic oxidation sites excluding steroid dienone is 3. The number of carbonyl (C=O) groups is 1. The molecule has 2 aliphatic rings. The Morgan fingerprint density at radius 3 is 2.43 bits per heavy atom. The maximum atomic E-state index is 14.9. The number of nitriles is 1. The minimum absolute atomic E-state index is 0.0479. The second-order valence-electron chi connectivity index (χ2n) is 7.67. The molecule has 3 rings (SSSR count). The number of sulfone groups is 1. The summed E-state index contributed by atoms with van der Waals surface area (Å²) in [7, 11) is -4.10. The SMILES string of the molecule is N#CC1(S(=O)(=O)CC2CCC(=O)CC2)C=CC(c2cccc(C(F)(F)F)c2)=C(F)C1. The molecule has 0 bridgehead atoms. The zero-order valence-corrected chi connectivity index (χ0v) is 16.7. The van der Waals surface area contributed by atoms with E-state index in [4.69, 9.17) is 0 Å². The predicted octanol–water partition coefficient (Wildman–Crippen LogP) is 4.78. The Hall–Kier alpha value is -2.47. The van der Waals surface area contributed by atoms with E-state index in [-0.39, 0.29) is 41.4 Å². The maximum Gasteiger partial charge on any atom is 0.416 e. The summed E-state index contributed by atoms with van der Waals surface area (Å²) in [6.07, 6.45) is -1.87. The Bertz CT molecular complexity index is 1060. The van der Waals surface area contributed by atoms with E-state index in [9.17, 15) is 36.0 Å². The van der Waals surface area contributed by atoms with Crippen molar-refractivity contribution in [1.82, 2.24) is 0 Å². The lowest BCUT2D eigenvalue weighted by atomic mass is 9.90. The third-order valence-corrected chi connectivity index (χ3v) is 7.98. The second-order valence-corrected chi connectivity index (χ2v) is 9.96. The molecule has 2 aliphatic carbocycles. The van der Waals surface area contributed by atoms with Crippen LogP contribution < -0.4 is 0 Å². The molecule has 1 aromatic rings. The Morgan fingerprint density at radius 1 is 1.20 bits per heavy atom. The van der Waals surface area contributed by atoms with Crippen LogP contribution in [0.1, 0.15) is 43.2 Å². The number of benzene rings is 1. The third kappa shape index (κ3) is 4.33. The van der Waals surface area contributed by atoms with Crippen LogP contribution in [-0.4, -0.2) is 24.7 Å². The lowest BCUT2D eigenvalue weighted by Crippen LogP contribution is -2.40. The number of ketones is 1. The van der Waals surface area contributed by atoms with Crippen LogP contribution in [0, 0.1) is 17.2 Å². The number of hydrogen-bond acceptors (Lipinski definition) is 4. The van der Waals surface area contributed by atoms with E-state index in [1.807, 2.05) is 0 Å². The Balaban J connectivity index is 1.88. The van der Waals surface area contributed by atoms with Crippen LogP contribution in [0.4, 0.5) is 17.6 Å². The van der Waals surface area contributed by atoms with Gasteiger partial charge in [-0.15, -0.1) is 0 Å². The van der Waals surface area contributed by atoms with Crippen molar-refractivity contribution in [3.05, 3.63) is 53.4 Å². The highest BCUT2D eigenvalue weighted by Crippen LogP contribution is 2.40. The van der Waals surface area contributed by atoms with Crippen LogP contribution in [0.15, 0.2) is 42.2 Å². The first-order valence-corrected chi connectivity index (χ1v) is 11.0. The van der Waals surface area contributed by atoms with Gasteiger partial charge in [-0.2, -0.15) is 18.4 Å². The fraction of sp³-hybridized carbons (Fsp3) is 0.429. The van der Waals surface area contributed by atoms with Gasteiger partial charge in [-0.3, -0.25) is 4.79 Å². The minimum Gasteiger partial charge on any atom is -0.300 e. The van der Waals surface area contributed by atoms with Crippen LogP contribution in [0.5, 0.6) is 0 Å². The monoisotopic (exact) mass is 441 g/mol. The molecule has 0 aliphatic heterocycles. The Kier molecular flexibility index (Phi) is 5.92. The number of carbonyl (C=O) groups excluding carboxylic acids is 1. The molecule has 0 saturated heterocycles. The van der Waals surface area contributed by atoms with Gasteiger partial charge in [-0.1, -0.05) is 18.2 Å². The molecule has 0 aromatic heterocycles. The van der Waals surface area contributed by atoms with Crippen molar-refractivity contribution in [3.8, 4) is 6.07 Å². The summed E-state index contributed by atoms with van der Waals surface area (Å²) in [5.74, 6) is -1.52. The molecule has 0 heterocycles. The van der Waals surface area contributed by atoms with Gasteiger partial charge in [0.2, 0.25) is 0 Å². The summed E-state index contributed by atoms with van der Waals surface area (Å²) in [5.41, 5.74) is -1.18. The van der Waals surface area contributed by atoms with Gasteiger partial charge >= 0.3 is 6.18 Å². The summed E-state index contributed by atoms with van der Waals surface area (Å²) >= 11 is 0. The lowest BCUT2D eigenvalue weighted by Gasteiger charge is -2.29. The van der Waals surface area contributed by atoms with Crippen molar-refractivity contribution in [2.45, 2.75) is 43.0 Å². The molecule has 0 amide bonds. The van der Waals surface area contributed by atoms with Crippen LogP contribution in [0.25, 0.3) is 5.57 Å². The van der Waals surface area contributed by atoms with E-state index in [0.717, 1.165) is 30.4 Å². The molecule has 160 valence electrons. The van der Waals surface area contributed by atoms with Crippen LogP contribution in [0.2, 0.25) is 0 Å². The highest BCUT2D eigenvalue weighted by molar-refractivity contribution is 7.93. The van der Waals surface area contributed by atoms with Gasteiger partial charge in [-0.25, -0.2) is 12.8 Å². The average Bonchev–Trinajstić information content (AvgIpc) is 2.68. The van der Waals surface area contributed by atoms with Crippen LogP contribution in [0.3, 0.4) is 0 Å². The molecular weight excluding hydrogens is 422 g/mol. The minimum atomic E-state index is -4.60. The number of Topliss-reactive ketones (excluding diaryl/α,β-unsaturated/α-hetero) is 1. The van der Waals surface area contributed by atoms with Gasteiger partial charge in [0.05, 0.1) is 17.4 Å². The van der Waals surface area contributed by atoms with Crippen molar-refractivity contribution in [2.24, 2.45) is 5.92 Å². The molecule has 0 N–H and O–H groups in total. The summed E-state index contributed by atoms with van der Waals surface area (Å²) in [5, 5.41) is 9.60. The first-order valence-electron chi connectivity index (χ1n) is 9.38. The highest BCUT2D eigenvalue weighted by atomic mass is 32.2. The van der Waals surface area contributed by atoms with Gasteiger partial charge in [0.1, 0.15) is 11.6 Å². The van der Waals surface area contributed by atoms with Crippen molar-refractivity contribution in [2.75, 3.05) is 5.75 Å². The van der Waals surface area contributed by atoms with Crippen molar-refractivity contribution in [3.63, 3.8) is 0 Å². The first-order chi connectivity index (χ1) is 14.0. The number of rotatable bonds is 4. The summed E-state index contributed by atoms with van der Waals surface area (Å²) in [4.78, 5) is 11.4. The molecular formula is C21H19F4NO3S. The molecule has 1 atom stereocenters. The number of halogens is 4. The second kappa shape index (κ2) is 7.99. The van der Waals surface area contributed by atoms with E-state index >= 15 is 0 Å². The van der Waals surface area contributed by atoms with E-state index in [0.29, 0.717) is 12.8 Å². The smallest absolute Gasteiger partial charge is 0.300 e. The molecule has 9 heteroatoms. The Morgan fingerprint density at radius 2 is 1.87 bits per heavy atom. The van der Waals surface area contributed by atoms with Gasteiger partial charge in [0, 0.05) is 24.8 Å². The van der Waals surface area contributed by atoms with E-state index in [1.54, 1.807) is 6.07 Å². The normalized spacial score (nSPS) is 23.5. The largest absolute Gasteiger partial charge is 0.416 e. The maximum absolute atomic E-state index is 14.9. The summed E-state index contributed by atoms with van der Waals surface area (Å²) in [6, 6.07) is 5.77. The zero-order chi connectivity index (χ0) is 22.2. The number of hydrogen-bond donors (Lipinski definition) is 0. The highest BCUT2D eigenvalue weighted by Gasteiger charge is 2.46. The van der Waals surface area contributed by atoms with Crippen LogP contribution in [-0.2, 0) is 20.8 Å². The van der Waals surface area contributed by atoms with Gasteiger partial charge in [0.25, 0.3) is 0 Å². The molecule has 1 unspecified atom stereocenters. The standard InChI is InChI=1S/C21H19F4NO3S/c22-19-11-20(13-26,30(28,29)12-14-4-6-17(27)7-5-14)9-8-18(19)15-2-1-3-16(10-15)21(23,24)25/h1-3,8-10,14H,4-7,11-12H2. The number of nitrogens with zero attached hydrogens (tertiary/aromatic N) is 1. The summed E-state index contributed by atoms with van der Waals surface area (Å²) < 4.78 is 77.5. The van der Waals surface area contributed by atoms with Gasteiger partial charge in [-0.05, 0) is 42.5 Å². The first kappa shape index (κ1) is 22.2. The molecule has 0 radical (unpaired) electrons. The summed E-state index contributed by atoms with van der Waals surface area (Å²) in [6.45, 7) is 0. The number of alkyl halides is 3. The Labute approximate surface area is 171 Å². The quantitative estimate of drug-likeness (QED) is 0.630. The van der Waals surface area contributed by atoms with Crippen molar-refractivity contribution >= 4 is 21.2 Å². The third-order valence-electron chi connectivity index (χ3n) is 5.59. The molecule has 4 nitrogen and oxygen atoms in total. The fourth-order valence-corrected chi connectivity index (χ4v) is 5.81. The predicted molar refractivity (Wildman–Crippen MR) is 102 cm³/mol. The van der Waals surface area contributed by atoms with Crippen molar-refractivity contribution in [1.29, 1.82) is 5.26 Å². The fourth-order valence-electron chi connectivity index (χ4n) is 3.79. The average molecular weight is 441 g/mol. The molecule has 1 aromatic carbocycles. The molecule has 1 fully saturated rings. The topological polar surface area (TPSA) is 75.0 Å². The van der Waals surface area contributed by atoms with Crippen LogP contribution >= 0.6 is 0 Å². The van der Waals surface area contributed by atoms with Gasteiger partial charge < -0.3 is 0 Å². The van der Waals surface area contributed by atoms with Crippen molar-refractivity contribution < 1.29 is 30.8 Å². The van der Waals surface area contributed by atoms with E-state index in [2.05, 4.69) is 0 Å².